The van der Waals surface area contributed by atoms with Gasteiger partial charge < -0.3 is 14.9 Å². The fourth-order valence-electron chi connectivity index (χ4n) is 2.63. The third-order valence-corrected chi connectivity index (χ3v) is 4.99. The summed E-state index contributed by atoms with van der Waals surface area (Å²) in [4.78, 5) is 16.6. The number of thiophene rings is 1. The first-order valence-electron chi connectivity index (χ1n) is 7.11. The van der Waals surface area contributed by atoms with E-state index in [9.17, 15) is 9.18 Å². The van der Waals surface area contributed by atoms with E-state index < -0.39 is 5.97 Å². The van der Waals surface area contributed by atoms with Gasteiger partial charge in [0.25, 0.3) is 0 Å². The van der Waals surface area contributed by atoms with Crippen LogP contribution in [0.3, 0.4) is 0 Å². The maximum Gasteiger partial charge on any atom is 0.345 e. The van der Waals surface area contributed by atoms with E-state index in [0.717, 1.165) is 42.3 Å². The van der Waals surface area contributed by atoms with Crippen molar-refractivity contribution in [3.05, 3.63) is 41.0 Å². The lowest BCUT2D eigenvalue weighted by atomic mass is 10.1. The molecule has 0 radical (unpaired) electrons. The Labute approximate surface area is 132 Å². The molecule has 1 aliphatic rings. The van der Waals surface area contributed by atoms with Crippen molar-refractivity contribution in [2.75, 3.05) is 38.1 Å². The Kier molecular flexibility index (Phi) is 4.13. The number of likely N-dealkylation sites (N-methyl/N-ethyl adjacent to an activating group) is 1. The highest BCUT2D eigenvalue weighted by molar-refractivity contribution is 7.17. The van der Waals surface area contributed by atoms with Crippen LogP contribution in [0.2, 0.25) is 0 Å². The van der Waals surface area contributed by atoms with Crippen molar-refractivity contribution >= 4 is 23.0 Å². The third-order valence-electron chi connectivity index (χ3n) is 3.88. The van der Waals surface area contributed by atoms with Gasteiger partial charge in [0.15, 0.2) is 0 Å². The normalized spacial score (nSPS) is 16.0. The summed E-state index contributed by atoms with van der Waals surface area (Å²) in [5.41, 5.74) is 1.73. The Balaban J connectivity index is 1.98. The highest BCUT2D eigenvalue weighted by Crippen LogP contribution is 2.36. The summed E-state index contributed by atoms with van der Waals surface area (Å²) in [6.07, 6.45) is 0. The van der Waals surface area contributed by atoms with Gasteiger partial charge in [0.2, 0.25) is 0 Å². The number of hydrogen-bond acceptors (Lipinski definition) is 4. The summed E-state index contributed by atoms with van der Waals surface area (Å²) in [5, 5.41) is 9.07. The van der Waals surface area contributed by atoms with Crippen LogP contribution in [0.1, 0.15) is 9.67 Å². The maximum absolute atomic E-state index is 13.7. The van der Waals surface area contributed by atoms with Crippen molar-refractivity contribution in [2.45, 2.75) is 0 Å². The highest BCUT2D eigenvalue weighted by Gasteiger charge is 2.19. The molecule has 1 aliphatic heterocycles. The van der Waals surface area contributed by atoms with Crippen molar-refractivity contribution in [2.24, 2.45) is 0 Å². The zero-order valence-electron chi connectivity index (χ0n) is 12.3. The van der Waals surface area contributed by atoms with E-state index in [1.165, 1.54) is 23.5 Å². The van der Waals surface area contributed by atoms with Gasteiger partial charge in [-0.15, -0.1) is 11.3 Å². The second kappa shape index (κ2) is 6.06. The molecule has 0 bridgehead atoms. The lowest BCUT2D eigenvalue weighted by Gasteiger charge is -2.35. The molecule has 6 heteroatoms. The molecule has 1 aromatic carbocycles. The van der Waals surface area contributed by atoms with E-state index >= 15 is 0 Å². The maximum atomic E-state index is 13.7. The second-order valence-electron chi connectivity index (χ2n) is 5.42. The Morgan fingerprint density at radius 2 is 1.91 bits per heavy atom. The fraction of sp³-hybridized carbons (Fsp3) is 0.312. The summed E-state index contributed by atoms with van der Waals surface area (Å²) < 4.78 is 13.7. The number of halogens is 1. The number of carboxylic acid groups (broad SMARTS) is 1. The van der Waals surface area contributed by atoms with E-state index in [1.807, 2.05) is 0 Å². The molecule has 2 heterocycles. The van der Waals surface area contributed by atoms with E-state index in [2.05, 4.69) is 16.8 Å². The number of benzene rings is 1. The highest BCUT2D eigenvalue weighted by atomic mass is 32.1. The van der Waals surface area contributed by atoms with Crippen molar-refractivity contribution < 1.29 is 14.3 Å². The Hall–Kier alpha value is -1.92. The van der Waals surface area contributed by atoms with Crippen LogP contribution in [0, 0.1) is 5.82 Å². The average molecular weight is 320 g/mol. The van der Waals surface area contributed by atoms with Gasteiger partial charge in [0, 0.05) is 42.3 Å². The van der Waals surface area contributed by atoms with Crippen LogP contribution in [0.5, 0.6) is 0 Å². The molecule has 2 aromatic rings. The second-order valence-corrected chi connectivity index (χ2v) is 6.50. The van der Waals surface area contributed by atoms with E-state index in [1.54, 1.807) is 18.2 Å². The first kappa shape index (κ1) is 15.0. The molecule has 1 N–H and O–H groups in total. The van der Waals surface area contributed by atoms with Gasteiger partial charge in [-0.3, -0.25) is 0 Å². The van der Waals surface area contributed by atoms with Crippen LogP contribution >= 0.6 is 11.3 Å². The smallest absolute Gasteiger partial charge is 0.345 e. The van der Waals surface area contributed by atoms with Crippen LogP contribution < -0.4 is 4.90 Å². The minimum atomic E-state index is -0.950. The predicted octanol–water partition coefficient (Wildman–Crippen LogP) is 3.00. The number of piperazine rings is 1. The summed E-state index contributed by atoms with van der Waals surface area (Å²) in [6.45, 7) is 3.68. The zero-order chi connectivity index (χ0) is 15.7. The molecule has 0 unspecified atom stereocenters. The Morgan fingerprint density at radius 3 is 2.55 bits per heavy atom. The van der Waals surface area contributed by atoms with E-state index in [0.29, 0.717) is 0 Å². The molecule has 116 valence electrons. The van der Waals surface area contributed by atoms with E-state index in [4.69, 9.17) is 5.11 Å². The number of anilines is 1. The van der Waals surface area contributed by atoms with Crippen molar-refractivity contribution in [3.8, 4) is 10.4 Å². The van der Waals surface area contributed by atoms with Gasteiger partial charge in [-0.25, -0.2) is 9.18 Å². The van der Waals surface area contributed by atoms with Crippen LogP contribution in [-0.4, -0.2) is 49.2 Å². The summed E-state index contributed by atoms with van der Waals surface area (Å²) in [6, 6.07) is 8.06. The molecular weight excluding hydrogens is 303 g/mol. The van der Waals surface area contributed by atoms with Crippen LogP contribution in [0.25, 0.3) is 10.4 Å². The molecule has 0 amide bonds. The van der Waals surface area contributed by atoms with E-state index in [-0.39, 0.29) is 10.7 Å². The number of nitrogens with zero attached hydrogens (tertiary/aromatic N) is 2. The molecule has 0 spiro atoms. The minimum absolute atomic E-state index is 0.267. The summed E-state index contributed by atoms with van der Waals surface area (Å²) in [5.74, 6) is -1.26. The quantitative estimate of drug-likeness (QED) is 0.944. The molecule has 0 aliphatic carbocycles. The number of rotatable bonds is 3. The third kappa shape index (κ3) is 2.98. The van der Waals surface area contributed by atoms with Gasteiger partial charge in [-0.1, -0.05) is 0 Å². The molecule has 22 heavy (non-hydrogen) atoms. The monoisotopic (exact) mass is 320 g/mol. The van der Waals surface area contributed by atoms with Crippen molar-refractivity contribution in [1.29, 1.82) is 0 Å². The number of carbonyl (C=O) groups is 1. The first-order valence-corrected chi connectivity index (χ1v) is 7.93. The molecular formula is C16H17FN2O2S. The Bertz CT molecular complexity index is 693. The average Bonchev–Trinajstić information content (AvgIpc) is 2.98. The number of aromatic carboxylic acids is 1. The summed E-state index contributed by atoms with van der Waals surface area (Å²) >= 11 is 1.18. The van der Waals surface area contributed by atoms with Crippen LogP contribution in [-0.2, 0) is 0 Å². The summed E-state index contributed by atoms with van der Waals surface area (Å²) in [7, 11) is 2.08. The molecule has 0 saturated carbocycles. The number of carboxylic acids is 1. The topological polar surface area (TPSA) is 43.8 Å². The molecule has 4 nitrogen and oxygen atoms in total. The lowest BCUT2D eigenvalue weighted by molar-refractivity contribution is 0.0702. The molecule has 1 fully saturated rings. The standard InChI is InChI=1S/C16H17FN2O2S/c1-18-6-8-19(9-7-18)13-3-2-11(17)10-12(13)14-4-5-15(22-14)16(20)21/h2-5,10H,6-9H2,1H3,(H,20,21). The zero-order valence-corrected chi connectivity index (χ0v) is 13.1. The SMILES string of the molecule is CN1CCN(c2ccc(F)cc2-c2ccc(C(=O)O)s2)CC1. The van der Waals surface area contributed by atoms with Gasteiger partial charge in [0.05, 0.1) is 0 Å². The number of hydrogen-bond donors (Lipinski definition) is 1. The molecule has 0 atom stereocenters. The molecule has 1 saturated heterocycles. The molecule has 3 rings (SSSR count). The van der Waals surface area contributed by atoms with Gasteiger partial charge >= 0.3 is 5.97 Å². The van der Waals surface area contributed by atoms with Crippen molar-refractivity contribution in [1.82, 2.24) is 4.90 Å². The molecule has 1 aromatic heterocycles. The fourth-order valence-corrected chi connectivity index (χ4v) is 3.50. The van der Waals surface area contributed by atoms with Gasteiger partial charge in [-0.05, 0) is 37.4 Å². The van der Waals surface area contributed by atoms with Gasteiger partial charge in [-0.2, -0.15) is 0 Å². The lowest BCUT2D eigenvalue weighted by Crippen LogP contribution is -2.44. The minimum Gasteiger partial charge on any atom is -0.477 e. The Morgan fingerprint density at radius 1 is 1.18 bits per heavy atom. The first-order chi connectivity index (χ1) is 10.5. The predicted molar refractivity (Wildman–Crippen MR) is 86.4 cm³/mol. The van der Waals surface area contributed by atoms with Gasteiger partial charge in [0.1, 0.15) is 10.7 Å². The van der Waals surface area contributed by atoms with Crippen molar-refractivity contribution in [3.63, 3.8) is 0 Å². The van der Waals surface area contributed by atoms with Crippen LogP contribution in [0.4, 0.5) is 10.1 Å². The van der Waals surface area contributed by atoms with Crippen LogP contribution in [0.15, 0.2) is 30.3 Å². The largest absolute Gasteiger partial charge is 0.477 e.